The van der Waals surface area contributed by atoms with Crippen LogP contribution in [0.5, 0.6) is 0 Å². The smallest absolute Gasteiger partial charge is 0.355 e. The molecule has 1 fully saturated rings. The predicted molar refractivity (Wildman–Crippen MR) is 119 cm³/mol. The summed E-state index contributed by atoms with van der Waals surface area (Å²) < 4.78 is 40.4. The summed E-state index contributed by atoms with van der Waals surface area (Å²) in [6.45, 7) is 2.92. The van der Waals surface area contributed by atoms with E-state index in [1.807, 2.05) is 46.9 Å². The molecule has 1 atom stereocenters. The number of hydrogen-bond acceptors (Lipinski definition) is 4. The van der Waals surface area contributed by atoms with E-state index >= 15 is 0 Å². The van der Waals surface area contributed by atoms with E-state index in [1.54, 1.807) is 12.5 Å². The molecule has 3 aromatic rings. The fraction of sp³-hybridized carbons (Fsp3) is 0.348. The molecule has 1 saturated heterocycles. The molecule has 1 amide bonds. The number of amides is 1. The number of anilines is 1. The van der Waals surface area contributed by atoms with Gasteiger partial charge in [0.15, 0.2) is 0 Å². The van der Waals surface area contributed by atoms with E-state index in [-0.39, 0.29) is 22.9 Å². The number of halogens is 4. The molecule has 0 radical (unpaired) electrons. The second kappa shape index (κ2) is 9.43. The van der Waals surface area contributed by atoms with Crippen molar-refractivity contribution in [3.8, 4) is 5.69 Å². The largest absolute Gasteiger partial charge is 0.417 e. The van der Waals surface area contributed by atoms with Crippen molar-refractivity contribution in [2.24, 2.45) is 5.92 Å². The number of carbonyl (C=O) groups is 1. The van der Waals surface area contributed by atoms with Gasteiger partial charge in [-0.15, -0.1) is 0 Å². The molecular formula is C23H23ClF3N5O. The van der Waals surface area contributed by atoms with E-state index in [0.29, 0.717) is 31.7 Å². The molecule has 1 aliphatic rings. The van der Waals surface area contributed by atoms with Gasteiger partial charge in [0, 0.05) is 43.3 Å². The highest BCUT2D eigenvalue weighted by Gasteiger charge is 2.33. The third kappa shape index (κ3) is 5.30. The number of carbonyl (C=O) groups excluding carboxylic acids is 1. The fourth-order valence-corrected chi connectivity index (χ4v) is 4.22. The standard InChI is InChI=1S/C23H23ClF3N5O/c1-15(16-2-4-19(5-3-16)32-11-8-28-14-32)30-22(33)17-6-9-31(10-7-17)21-20(24)12-18(13-29-21)23(25,26)27/h2-5,8,11-15,17H,6-7,9-10H2,1H3,(H,30,33). The second-order valence-electron chi connectivity index (χ2n) is 8.08. The summed E-state index contributed by atoms with van der Waals surface area (Å²) >= 11 is 6.06. The highest BCUT2D eigenvalue weighted by atomic mass is 35.5. The van der Waals surface area contributed by atoms with Crippen molar-refractivity contribution in [1.82, 2.24) is 19.9 Å². The van der Waals surface area contributed by atoms with Gasteiger partial charge < -0.3 is 14.8 Å². The van der Waals surface area contributed by atoms with Gasteiger partial charge in [-0.1, -0.05) is 23.7 Å². The van der Waals surface area contributed by atoms with Gasteiger partial charge in [0.1, 0.15) is 5.82 Å². The number of nitrogens with one attached hydrogen (secondary N) is 1. The van der Waals surface area contributed by atoms with Crippen molar-refractivity contribution in [2.75, 3.05) is 18.0 Å². The Morgan fingerprint density at radius 3 is 2.48 bits per heavy atom. The van der Waals surface area contributed by atoms with Crippen LogP contribution in [0.2, 0.25) is 5.02 Å². The summed E-state index contributed by atoms with van der Waals surface area (Å²) in [5, 5.41) is 3.03. The van der Waals surface area contributed by atoms with Crippen molar-refractivity contribution in [3.05, 3.63) is 71.4 Å². The summed E-state index contributed by atoms with van der Waals surface area (Å²) in [4.78, 5) is 22.6. The number of rotatable bonds is 5. The molecule has 3 heterocycles. The van der Waals surface area contributed by atoms with Crippen LogP contribution < -0.4 is 10.2 Å². The normalized spacial score (nSPS) is 16.0. The van der Waals surface area contributed by atoms with Crippen LogP contribution in [0.15, 0.2) is 55.2 Å². The van der Waals surface area contributed by atoms with E-state index in [4.69, 9.17) is 11.6 Å². The average Bonchev–Trinajstić information content (AvgIpc) is 3.33. The minimum Gasteiger partial charge on any atom is -0.355 e. The first kappa shape index (κ1) is 23.1. The van der Waals surface area contributed by atoms with Gasteiger partial charge in [0.2, 0.25) is 5.91 Å². The first-order valence-electron chi connectivity index (χ1n) is 10.6. The van der Waals surface area contributed by atoms with Gasteiger partial charge in [-0.05, 0) is 43.5 Å². The summed E-state index contributed by atoms with van der Waals surface area (Å²) in [6.07, 6.45) is 2.73. The van der Waals surface area contributed by atoms with E-state index < -0.39 is 11.7 Å². The molecule has 1 N–H and O–H groups in total. The number of pyridine rings is 1. The van der Waals surface area contributed by atoms with Crippen LogP contribution >= 0.6 is 11.6 Å². The Balaban J connectivity index is 1.32. The Morgan fingerprint density at radius 1 is 1.21 bits per heavy atom. The van der Waals surface area contributed by atoms with E-state index in [0.717, 1.165) is 23.5 Å². The molecule has 1 unspecified atom stereocenters. The average molecular weight is 478 g/mol. The number of piperidine rings is 1. The van der Waals surface area contributed by atoms with E-state index in [9.17, 15) is 18.0 Å². The zero-order valence-electron chi connectivity index (χ0n) is 17.9. The number of hydrogen-bond donors (Lipinski definition) is 1. The predicted octanol–water partition coefficient (Wildman–Crippen LogP) is 5.03. The van der Waals surface area contributed by atoms with Crippen molar-refractivity contribution < 1.29 is 18.0 Å². The van der Waals surface area contributed by atoms with Gasteiger partial charge in [0.25, 0.3) is 0 Å². The third-order valence-corrected chi connectivity index (χ3v) is 6.15. The molecule has 10 heteroatoms. The molecule has 33 heavy (non-hydrogen) atoms. The van der Waals surface area contributed by atoms with Crippen LogP contribution in [0, 0.1) is 5.92 Å². The maximum absolute atomic E-state index is 12.8. The van der Waals surface area contributed by atoms with Crippen molar-refractivity contribution in [1.29, 1.82) is 0 Å². The second-order valence-corrected chi connectivity index (χ2v) is 8.49. The maximum Gasteiger partial charge on any atom is 0.417 e. The molecule has 1 aromatic carbocycles. The maximum atomic E-state index is 12.8. The fourth-order valence-electron chi connectivity index (χ4n) is 3.93. The van der Waals surface area contributed by atoms with Crippen molar-refractivity contribution in [3.63, 3.8) is 0 Å². The molecule has 0 spiro atoms. The lowest BCUT2D eigenvalue weighted by atomic mass is 9.95. The molecule has 1 aliphatic heterocycles. The molecular weight excluding hydrogens is 455 g/mol. The lowest BCUT2D eigenvalue weighted by Crippen LogP contribution is -2.41. The lowest BCUT2D eigenvalue weighted by molar-refractivity contribution is -0.137. The van der Waals surface area contributed by atoms with Gasteiger partial charge in [-0.3, -0.25) is 4.79 Å². The molecule has 2 aromatic heterocycles. The van der Waals surface area contributed by atoms with Crippen LogP contribution in [-0.2, 0) is 11.0 Å². The quantitative estimate of drug-likeness (QED) is 0.559. The van der Waals surface area contributed by atoms with Gasteiger partial charge in [-0.2, -0.15) is 13.2 Å². The Bertz CT molecular complexity index is 1090. The number of aromatic nitrogens is 3. The minimum atomic E-state index is -4.49. The summed E-state index contributed by atoms with van der Waals surface area (Å²) in [5.41, 5.74) is 1.10. The summed E-state index contributed by atoms with van der Waals surface area (Å²) in [6, 6.07) is 8.63. The van der Waals surface area contributed by atoms with E-state index in [2.05, 4.69) is 15.3 Å². The van der Waals surface area contributed by atoms with Crippen LogP contribution in [0.1, 0.15) is 36.9 Å². The van der Waals surface area contributed by atoms with Crippen molar-refractivity contribution in [2.45, 2.75) is 32.0 Å². The minimum absolute atomic E-state index is 0.0349. The SMILES string of the molecule is CC(NC(=O)C1CCN(c2ncc(C(F)(F)F)cc2Cl)CC1)c1ccc(-n2ccnc2)cc1. The zero-order chi connectivity index (χ0) is 23.6. The highest BCUT2D eigenvalue weighted by Crippen LogP contribution is 2.34. The van der Waals surface area contributed by atoms with Gasteiger partial charge >= 0.3 is 6.18 Å². The third-order valence-electron chi connectivity index (χ3n) is 5.87. The Labute approximate surface area is 194 Å². The van der Waals surface area contributed by atoms with Crippen LogP contribution in [0.25, 0.3) is 5.69 Å². The Hall–Kier alpha value is -3.07. The lowest BCUT2D eigenvalue weighted by Gasteiger charge is -2.33. The van der Waals surface area contributed by atoms with Gasteiger partial charge in [0.05, 0.1) is 23.0 Å². The molecule has 174 valence electrons. The van der Waals surface area contributed by atoms with Gasteiger partial charge in [-0.25, -0.2) is 9.97 Å². The Kier molecular flexibility index (Phi) is 6.60. The highest BCUT2D eigenvalue weighted by molar-refractivity contribution is 6.33. The number of nitrogens with zero attached hydrogens (tertiary/aromatic N) is 4. The number of alkyl halides is 3. The van der Waals surface area contributed by atoms with Crippen molar-refractivity contribution >= 4 is 23.3 Å². The topological polar surface area (TPSA) is 63.1 Å². The molecule has 6 nitrogen and oxygen atoms in total. The molecule has 4 rings (SSSR count). The Morgan fingerprint density at radius 2 is 1.91 bits per heavy atom. The number of imidazole rings is 1. The number of benzene rings is 1. The first-order valence-corrected chi connectivity index (χ1v) is 11.0. The monoisotopic (exact) mass is 477 g/mol. The summed E-state index contributed by atoms with van der Waals surface area (Å²) in [5.74, 6) is 0.101. The molecule has 0 saturated carbocycles. The molecule has 0 aliphatic carbocycles. The van der Waals surface area contributed by atoms with Crippen LogP contribution in [-0.4, -0.2) is 33.5 Å². The molecule has 0 bridgehead atoms. The zero-order valence-corrected chi connectivity index (χ0v) is 18.6. The van der Waals surface area contributed by atoms with Crippen LogP contribution in [0.4, 0.5) is 19.0 Å². The summed E-state index contributed by atoms with van der Waals surface area (Å²) in [7, 11) is 0. The first-order chi connectivity index (χ1) is 15.7. The van der Waals surface area contributed by atoms with Crippen LogP contribution in [0.3, 0.4) is 0 Å². The van der Waals surface area contributed by atoms with E-state index in [1.165, 1.54) is 0 Å².